The number of hydrogen-bond acceptors (Lipinski definition) is 4. The highest BCUT2D eigenvalue weighted by Gasteiger charge is 2.27. The SMILES string of the molecule is Cc1cn[nH]c1NS(=O)(=O)c1c(C)[nH]c(C(=O)O)c1C. The number of carbonyl (C=O) groups is 1. The van der Waals surface area contributed by atoms with E-state index in [0.29, 0.717) is 5.56 Å². The van der Waals surface area contributed by atoms with Gasteiger partial charge in [-0.2, -0.15) is 5.10 Å². The predicted molar refractivity (Wildman–Crippen MR) is 71.4 cm³/mol. The van der Waals surface area contributed by atoms with E-state index in [1.165, 1.54) is 20.0 Å². The van der Waals surface area contributed by atoms with Crippen LogP contribution < -0.4 is 4.72 Å². The largest absolute Gasteiger partial charge is 0.477 e. The lowest BCUT2D eigenvalue weighted by atomic mass is 10.2. The van der Waals surface area contributed by atoms with E-state index in [1.54, 1.807) is 6.92 Å². The first kappa shape index (κ1) is 14.1. The van der Waals surface area contributed by atoms with Gasteiger partial charge in [-0.1, -0.05) is 0 Å². The molecule has 0 saturated carbocycles. The highest BCUT2D eigenvalue weighted by molar-refractivity contribution is 7.92. The molecule has 0 aliphatic carbocycles. The van der Waals surface area contributed by atoms with Gasteiger partial charge in [0, 0.05) is 16.8 Å². The number of nitrogens with zero attached hydrogens (tertiary/aromatic N) is 1. The average Bonchev–Trinajstić information content (AvgIpc) is 2.83. The van der Waals surface area contributed by atoms with Gasteiger partial charge in [0.05, 0.1) is 6.20 Å². The van der Waals surface area contributed by atoms with E-state index < -0.39 is 16.0 Å². The van der Waals surface area contributed by atoms with Gasteiger partial charge in [0.1, 0.15) is 16.4 Å². The molecule has 0 fully saturated rings. The molecule has 4 N–H and O–H groups in total. The summed E-state index contributed by atoms with van der Waals surface area (Å²) in [7, 11) is -3.90. The first-order chi connectivity index (χ1) is 9.24. The van der Waals surface area contributed by atoms with E-state index >= 15 is 0 Å². The Balaban J connectivity index is 2.50. The second-order valence-corrected chi connectivity index (χ2v) is 6.04. The molecule has 0 aliphatic heterocycles. The summed E-state index contributed by atoms with van der Waals surface area (Å²) < 4.78 is 27.1. The monoisotopic (exact) mass is 298 g/mol. The molecule has 8 nitrogen and oxygen atoms in total. The van der Waals surface area contributed by atoms with Gasteiger partial charge < -0.3 is 10.1 Å². The highest BCUT2D eigenvalue weighted by Crippen LogP contribution is 2.25. The number of nitrogens with one attached hydrogen (secondary N) is 3. The average molecular weight is 298 g/mol. The zero-order valence-electron chi connectivity index (χ0n) is 11.1. The maximum Gasteiger partial charge on any atom is 0.352 e. The fourth-order valence-electron chi connectivity index (χ4n) is 1.98. The van der Waals surface area contributed by atoms with Crippen LogP contribution in [0.1, 0.15) is 27.3 Å². The Hall–Kier alpha value is -2.29. The molecule has 0 unspecified atom stereocenters. The third kappa shape index (κ3) is 2.27. The number of carboxylic acid groups (broad SMARTS) is 1. The molecule has 0 spiro atoms. The lowest BCUT2D eigenvalue weighted by molar-refractivity contribution is 0.0690. The van der Waals surface area contributed by atoms with Gasteiger partial charge in [0.15, 0.2) is 0 Å². The summed E-state index contributed by atoms with van der Waals surface area (Å²) in [5.41, 5.74) is 0.936. The van der Waals surface area contributed by atoms with Crippen LogP contribution in [0.3, 0.4) is 0 Å². The predicted octanol–water partition coefficient (Wildman–Crippen LogP) is 1.16. The molecular formula is C11H14N4O4S. The fraction of sp³-hybridized carbons (Fsp3) is 0.273. The molecule has 2 aromatic heterocycles. The summed E-state index contributed by atoms with van der Waals surface area (Å²) in [5.74, 6) is -0.952. The Morgan fingerprint density at radius 1 is 1.35 bits per heavy atom. The lowest BCUT2D eigenvalue weighted by Gasteiger charge is -2.07. The maximum atomic E-state index is 12.4. The number of aromatic carboxylic acids is 1. The first-order valence-electron chi connectivity index (χ1n) is 5.69. The lowest BCUT2D eigenvalue weighted by Crippen LogP contribution is -2.15. The van der Waals surface area contributed by atoms with Gasteiger partial charge in [-0.15, -0.1) is 0 Å². The molecule has 108 valence electrons. The van der Waals surface area contributed by atoms with Crippen LogP contribution in [-0.4, -0.2) is 34.7 Å². The normalized spacial score (nSPS) is 11.6. The van der Waals surface area contributed by atoms with Crippen LogP contribution in [0.4, 0.5) is 5.82 Å². The second kappa shape index (κ2) is 4.67. The van der Waals surface area contributed by atoms with Crippen molar-refractivity contribution >= 4 is 21.8 Å². The van der Waals surface area contributed by atoms with Gasteiger partial charge in [0.25, 0.3) is 10.0 Å². The standard InChI is InChI=1S/C11H14N4O4S/c1-5-4-12-14-10(5)15-20(18,19)9-6(2)8(11(16)17)13-7(9)3/h4,13H,1-3H3,(H,16,17)(H2,12,14,15). The number of hydrogen-bond donors (Lipinski definition) is 4. The van der Waals surface area contributed by atoms with Gasteiger partial charge in [-0.3, -0.25) is 9.82 Å². The Kier molecular flexibility index (Phi) is 3.30. The van der Waals surface area contributed by atoms with Crippen molar-refractivity contribution in [1.82, 2.24) is 15.2 Å². The Morgan fingerprint density at radius 3 is 2.45 bits per heavy atom. The number of carboxylic acids is 1. The summed E-state index contributed by atoms with van der Waals surface area (Å²) in [5, 5.41) is 15.3. The Morgan fingerprint density at radius 2 is 2.00 bits per heavy atom. The number of aromatic amines is 2. The minimum Gasteiger partial charge on any atom is -0.477 e. The summed E-state index contributed by atoms with van der Waals surface area (Å²) >= 11 is 0. The van der Waals surface area contributed by atoms with Crippen molar-refractivity contribution in [3.63, 3.8) is 0 Å². The van der Waals surface area contributed by atoms with Crippen molar-refractivity contribution < 1.29 is 18.3 Å². The molecule has 2 heterocycles. The molecule has 0 saturated heterocycles. The van der Waals surface area contributed by atoms with E-state index in [9.17, 15) is 13.2 Å². The summed E-state index contributed by atoms with van der Waals surface area (Å²) in [4.78, 5) is 13.5. The fourth-order valence-corrected chi connectivity index (χ4v) is 3.52. The van der Waals surface area contributed by atoms with E-state index in [2.05, 4.69) is 19.9 Å². The molecule has 0 aliphatic rings. The molecular weight excluding hydrogens is 284 g/mol. The number of anilines is 1. The van der Waals surface area contributed by atoms with Crippen LogP contribution >= 0.6 is 0 Å². The number of rotatable bonds is 4. The molecule has 0 amide bonds. The first-order valence-corrected chi connectivity index (χ1v) is 7.17. The smallest absolute Gasteiger partial charge is 0.352 e. The van der Waals surface area contributed by atoms with Crippen LogP contribution in [0.15, 0.2) is 11.1 Å². The number of aryl methyl sites for hydroxylation is 2. The molecule has 20 heavy (non-hydrogen) atoms. The summed E-state index contributed by atoms with van der Waals surface area (Å²) in [6.07, 6.45) is 1.48. The van der Waals surface area contributed by atoms with E-state index in [-0.39, 0.29) is 27.7 Å². The van der Waals surface area contributed by atoms with Gasteiger partial charge in [0.2, 0.25) is 0 Å². The summed E-state index contributed by atoms with van der Waals surface area (Å²) in [6.45, 7) is 4.65. The van der Waals surface area contributed by atoms with Crippen molar-refractivity contribution in [1.29, 1.82) is 0 Å². The molecule has 2 rings (SSSR count). The zero-order valence-corrected chi connectivity index (χ0v) is 11.9. The number of sulfonamides is 1. The number of aromatic nitrogens is 3. The van der Waals surface area contributed by atoms with Crippen molar-refractivity contribution in [2.75, 3.05) is 4.72 Å². The minimum atomic E-state index is -3.90. The second-order valence-electron chi connectivity index (χ2n) is 4.42. The van der Waals surface area contributed by atoms with E-state index in [4.69, 9.17) is 5.11 Å². The quantitative estimate of drug-likeness (QED) is 0.673. The van der Waals surface area contributed by atoms with Crippen LogP contribution in [0.5, 0.6) is 0 Å². The highest BCUT2D eigenvalue weighted by atomic mass is 32.2. The molecule has 0 atom stereocenters. The van der Waals surface area contributed by atoms with Crippen LogP contribution in [0, 0.1) is 20.8 Å². The van der Waals surface area contributed by atoms with Gasteiger partial charge >= 0.3 is 5.97 Å². The zero-order chi connectivity index (χ0) is 15.1. The van der Waals surface area contributed by atoms with E-state index in [0.717, 1.165) is 0 Å². The van der Waals surface area contributed by atoms with E-state index in [1.807, 2.05) is 0 Å². The Bertz CT molecular complexity index is 772. The minimum absolute atomic E-state index is 0.0658. The van der Waals surface area contributed by atoms with Gasteiger partial charge in [-0.25, -0.2) is 13.2 Å². The van der Waals surface area contributed by atoms with Crippen molar-refractivity contribution in [3.8, 4) is 0 Å². The van der Waals surface area contributed by atoms with Crippen molar-refractivity contribution in [2.45, 2.75) is 25.7 Å². The Labute approximate surface area is 115 Å². The van der Waals surface area contributed by atoms with Crippen molar-refractivity contribution in [3.05, 3.63) is 28.7 Å². The molecule has 9 heteroatoms. The molecule has 0 aromatic carbocycles. The van der Waals surface area contributed by atoms with Crippen LogP contribution in [0.2, 0.25) is 0 Å². The van der Waals surface area contributed by atoms with Crippen LogP contribution in [0.25, 0.3) is 0 Å². The third-order valence-electron chi connectivity index (χ3n) is 2.92. The summed E-state index contributed by atoms with van der Waals surface area (Å²) in [6, 6.07) is 0. The topological polar surface area (TPSA) is 128 Å². The van der Waals surface area contributed by atoms with Crippen LogP contribution in [-0.2, 0) is 10.0 Å². The molecule has 0 radical (unpaired) electrons. The van der Waals surface area contributed by atoms with Crippen molar-refractivity contribution in [2.24, 2.45) is 0 Å². The van der Waals surface area contributed by atoms with Gasteiger partial charge in [-0.05, 0) is 20.8 Å². The molecule has 0 bridgehead atoms. The third-order valence-corrected chi connectivity index (χ3v) is 4.54. The maximum absolute atomic E-state index is 12.4. The number of H-pyrrole nitrogens is 2. The molecule has 2 aromatic rings.